The molecule has 8 heteroatoms. The van der Waals surface area contributed by atoms with Crippen molar-refractivity contribution in [2.75, 3.05) is 13.1 Å². The molecule has 2 fully saturated rings. The van der Waals surface area contributed by atoms with Crippen LogP contribution in [0.15, 0.2) is 24.3 Å². The van der Waals surface area contributed by atoms with E-state index >= 15 is 0 Å². The Morgan fingerprint density at radius 1 is 1.21 bits per heavy atom. The number of carbonyl (C=O) groups is 2. The first kappa shape index (κ1) is 18.9. The van der Waals surface area contributed by atoms with Crippen molar-refractivity contribution >= 4 is 23.4 Å². The van der Waals surface area contributed by atoms with Gasteiger partial charge in [0.05, 0.1) is 22.9 Å². The molecule has 1 N–H and O–H groups in total. The average Bonchev–Trinajstić information content (AvgIpc) is 3.45. The first-order valence-electron chi connectivity index (χ1n) is 9.54. The smallest absolute Gasteiger partial charge is 0.258 e. The Kier molecular flexibility index (Phi) is 5.10. The second-order valence-electron chi connectivity index (χ2n) is 7.51. The minimum absolute atomic E-state index is 0.0322. The first-order valence-corrected chi connectivity index (χ1v) is 9.92. The summed E-state index contributed by atoms with van der Waals surface area (Å²) in [4.78, 5) is 27.2. The van der Waals surface area contributed by atoms with Gasteiger partial charge in [0, 0.05) is 19.1 Å². The van der Waals surface area contributed by atoms with E-state index in [-0.39, 0.29) is 28.7 Å². The van der Waals surface area contributed by atoms with Gasteiger partial charge >= 0.3 is 0 Å². The maximum Gasteiger partial charge on any atom is 0.258 e. The number of amides is 2. The molecule has 2 aliphatic rings. The highest BCUT2D eigenvalue weighted by molar-refractivity contribution is 6.33. The van der Waals surface area contributed by atoms with E-state index in [2.05, 4.69) is 10.4 Å². The Hall–Kier alpha value is -2.41. The highest BCUT2D eigenvalue weighted by atomic mass is 35.5. The van der Waals surface area contributed by atoms with Gasteiger partial charge in [-0.05, 0) is 56.9 Å². The van der Waals surface area contributed by atoms with Crippen LogP contribution in [0.4, 0.5) is 4.39 Å². The van der Waals surface area contributed by atoms with Crippen LogP contribution in [0.1, 0.15) is 41.7 Å². The number of hydrogen-bond donors (Lipinski definition) is 1. The summed E-state index contributed by atoms with van der Waals surface area (Å²) in [6.45, 7) is 2.69. The number of aryl methyl sites for hydroxylation is 1. The van der Waals surface area contributed by atoms with Crippen molar-refractivity contribution in [3.05, 3.63) is 46.5 Å². The van der Waals surface area contributed by atoms with Gasteiger partial charge in [-0.1, -0.05) is 11.6 Å². The molecule has 6 nitrogen and oxygen atoms in total. The topological polar surface area (TPSA) is 67.2 Å². The van der Waals surface area contributed by atoms with Crippen LogP contribution in [-0.4, -0.2) is 45.6 Å². The van der Waals surface area contributed by atoms with Crippen LogP contribution in [0.3, 0.4) is 0 Å². The van der Waals surface area contributed by atoms with Crippen LogP contribution in [0, 0.1) is 18.7 Å². The summed E-state index contributed by atoms with van der Waals surface area (Å²) in [5.74, 6) is -0.738. The van der Waals surface area contributed by atoms with Crippen LogP contribution in [0.2, 0.25) is 5.15 Å². The minimum Gasteiger partial charge on any atom is -0.353 e. The fourth-order valence-corrected chi connectivity index (χ4v) is 3.93. The molecular weight excluding hydrogens is 383 g/mol. The van der Waals surface area contributed by atoms with E-state index in [1.54, 1.807) is 24.0 Å². The van der Waals surface area contributed by atoms with Gasteiger partial charge in [0.1, 0.15) is 11.0 Å². The van der Waals surface area contributed by atoms with Gasteiger partial charge in [-0.3, -0.25) is 9.59 Å². The summed E-state index contributed by atoms with van der Waals surface area (Å²) in [7, 11) is 0. The zero-order valence-corrected chi connectivity index (χ0v) is 16.4. The minimum atomic E-state index is -0.358. The van der Waals surface area contributed by atoms with Crippen LogP contribution < -0.4 is 5.32 Å². The van der Waals surface area contributed by atoms with Crippen molar-refractivity contribution in [3.8, 4) is 5.69 Å². The van der Waals surface area contributed by atoms with Crippen LogP contribution in [0.5, 0.6) is 0 Å². The van der Waals surface area contributed by atoms with Crippen LogP contribution in [0.25, 0.3) is 5.69 Å². The largest absolute Gasteiger partial charge is 0.353 e. The Morgan fingerprint density at radius 2 is 1.93 bits per heavy atom. The van der Waals surface area contributed by atoms with E-state index < -0.39 is 0 Å². The second-order valence-corrected chi connectivity index (χ2v) is 7.87. The summed E-state index contributed by atoms with van der Waals surface area (Å²) in [6, 6.07) is 6.06. The molecule has 148 valence electrons. The molecule has 2 heterocycles. The molecule has 1 aromatic carbocycles. The van der Waals surface area contributed by atoms with E-state index in [1.807, 2.05) is 0 Å². The summed E-state index contributed by atoms with van der Waals surface area (Å²) >= 11 is 6.47. The van der Waals surface area contributed by atoms with Crippen molar-refractivity contribution in [1.29, 1.82) is 0 Å². The van der Waals surface area contributed by atoms with E-state index in [4.69, 9.17) is 11.6 Å². The Bertz CT molecular complexity index is 908. The number of rotatable bonds is 4. The first-order chi connectivity index (χ1) is 13.4. The Morgan fingerprint density at radius 3 is 2.61 bits per heavy atom. The molecule has 1 saturated heterocycles. The molecule has 0 spiro atoms. The number of halogens is 2. The third-order valence-corrected chi connectivity index (χ3v) is 5.64. The van der Waals surface area contributed by atoms with Gasteiger partial charge in [-0.25, -0.2) is 9.07 Å². The number of nitrogens with one attached hydrogen (secondary N) is 1. The zero-order valence-electron chi connectivity index (χ0n) is 15.6. The summed E-state index contributed by atoms with van der Waals surface area (Å²) in [5.41, 5.74) is 1.41. The van der Waals surface area contributed by atoms with Gasteiger partial charge in [0.15, 0.2) is 0 Å². The molecule has 0 radical (unpaired) electrons. The predicted molar refractivity (Wildman–Crippen MR) is 103 cm³/mol. The van der Waals surface area contributed by atoms with E-state index in [0.29, 0.717) is 36.1 Å². The van der Waals surface area contributed by atoms with Gasteiger partial charge in [0.2, 0.25) is 5.91 Å². The molecule has 0 bridgehead atoms. The van der Waals surface area contributed by atoms with Gasteiger partial charge in [0.25, 0.3) is 5.91 Å². The second kappa shape index (κ2) is 7.54. The van der Waals surface area contributed by atoms with Crippen molar-refractivity contribution < 1.29 is 14.0 Å². The lowest BCUT2D eigenvalue weighted by atomic mass is 9.96. The summed E-state index contributed by atoms with van der Waals surface area (Å²) < 4.78 is 14.6. The molecule has 2 aromatic rings. The molecule has 1 aliphatic carbocycles. The number of nitrogens with zero attached hydrogens (tertiary/aromatic N) is 3. The Labute approximate surface area is 167 Å². The highest BCUT2D eigenvalue weighted by Crippen LogP contribution is 2.28. The zero-order chi connectivity index (χ0) is 19.8. The molecular formula is C20H22ClFN4O2. The molecule has 1 unspecified atom stereocenters. The summed E-state index contributed by atoms with van der Waals surface area (Å²) in [6.07, 6.45) is 3.64. The Balaban J connectivity index is 1.54. The number of aromatic nitrogens is 2. The lowest BCUT2D eigenvalue weighted by molar-refractivity contribution is -0.126. The third kappa shape index (κ3) is 3.76. The molecule has 2 amide bonds. The lowest BCUT2D eigenvalue weighted by Gasteiger charge is -2.32. The SMILES string of the molecule is Cc1nn(-c2ccc(F)cc2)c(Cl)c1C(=O)N1CCCC(C(=O)NC2CC2)C1. The van der Waals surface area contributed by atoms with Gasteiger partial charge in [-0.15, -0.1) is 0 Å². The number of likely N-dealkylation sites (tertiary alicyclic amines) is 1. The maximum atomic E-state index is 13.2. The number of benzene rings is 1. The lowest BCUT2D eigenvalue weighted by Crippen LogP contribution is -2.46. The fraction of sp³-hybridized carbons (Fsp3) is 0.450. The number of carbonyl (C=O) groups excluding carboxylic acids is 2. The summed E-state index contributed by atoms with van der Waals surface area (Å²) in [5, 5.41) is 7.58. The normalized spacial score (nSPS) is 19.5. The number of piperidine rings is 1. The van der Waals surface area contributed by atoms with Crippen molar-refractivity contribution in [2.24, 2.45) is 5.92 Å². The highest BCUT2D eigenvalue weighted by Gasteiger charge is 2.34. The molecule has 1 aromatic heterocycles. The molecule has 1 aliphatic heterocycles. The van der Waals surface area contributed by atoms with Crippen LogP contribution >= 0.6 is 11.6 Å². The molecule has 28 heavy (non-hydrogen) atoms. The van der Waals surface area contributed by atoms with Gasteiger partial charge in [-0.2, -0.15) is 5.10 Å². The fourth-order valence-electron chi connectivity index (χ4n) is 3.58. The van der Waals surface area contributed by atoms with Gasteiger partial charge < -0.3 is 10.2 Å². The standard InChI is InChI=1S/C20H22ClFN4O2/c1-12-17(18(21)26(24-12)16-8-4-14(22)5-9-16)20(28)25-10-2-3-13(11-25)19(27)23-15-6-7-15/h4-5,8-9,13,15H,2-3,6-7,10-11H2,1H3,(H,23,27). The van der Waals surface area contributed by atoms with Crippen LogP contribution in [-0.2, 0) is 4.79 Å². The third-order valence-electron chi connectivity index (χ3n) is 5.29. The quantitative estimate of drug-likeness (QED) is 0.851. The molecule has 1 saturated carbocycles. The monoisotopic (exact) mass is 404 g/mol. The molecule has 1 atom stereocenters. The van der Waals surface area contributed by atoms with Crippen molar-refractivity contribution in [2.45, 2.75) is 38.6 Å². The maximum absolute atomic E-state index is 13.2. The number of hydrogen-bond acceptors (Lipinski definition) is 3. The van der Waals surface area contributed by atoms with Crippen molar-refractivity contribution in [3.63, 3.8) is 0 Å². The van der Waals surface area contributed by atoms with E-state index in [9.17, 15) is 14.0 Å². The van der Waals surface area contributed by atoms with E-state index in [1.165, 1.54) is 16.8 Å². The molecule has 4 rings (SSSR count). The van der Waals surface area contributed by atoms with E-state index in [0.717, 1.165) is 25.7 Å². The average molecular weight is 405 g/mol. The predicted octanol–water partition coefficient (Wildman–Crippen LogP) is 3.10. The van der Waals surface area contributed by atoms with Crippen molar-refractivity contribution in [1.82, 2.24) is 20.0 Å².